The summed E-state index contributed by atoms with van der Waals surface area (Å²) in [6.45, 7) is 6.03. The van der Waals surface area contributed by atoms with E-state index in [0.29, 0.717) is 31.9 Å². The van der Waals surface area contributed by atoms with Crippen LogP contribution in [-0.4, -0.2) is 65.9 Å². The van der Waals surface area contributed by atoms with E-state index in [2.05, 4.69) is 9.88 Å². The first-order chi connectivity index (χ1) is 11.1. The molecule has 124 valence electrons. The lowest BCUT2D eigenvalue weighted by Crippen LogP contribution is -2.50. The molecule has 0 atom stereocenters. The highest BCUT2D eigenvalue weighted by molar-refractivity contribution is 5.93. The van der Waals surface area contributed by atoms with Gasteiger partial charge in [-0.1, -0.05) is 0 Å². The maximum absolute atomic E-state index is 12.7. The number of amides is 2. The SMILES string of the molecule is CC(=O)N1CCN(C(=O)c2cc(N3CCCCC3)ccn2)CC1. The molecule has 0 aliphatic carbocycles. The lowest BCUT2D eigenvalue weighted by Gasteiger charge is -2.34. The molecule has 6 nitrogen and oxygen atoms in total. The third-order valence-electron chi connectivity index (χ3n) is 4.70. The zero-order chi connectivity index (χ0) is 16.2. The minimum atomic E-state index is -0.0351. The summed E-state index contributed by atoms with van der Waals surface area (Å²) in [5.41, 5.74) is 1.59. The minimum absolute atomic E-state index is 0.0351. The zero-order valence-electron chi connectivity index (χ0n) is 13.7. The number of carbonyl (C=O) groups excluding carboxylic acids is 2. The second-order valence-electron chi connectivity index (χ2n) is 6.25. The average Bonchev–Trinajstić information content (AvgIpc) is 2.62. The third-order valence-corrected chi connectivity index (χ3v) is 4.70. The van der Waals surface area contributed by atoms with Crippen molar-refractivity contribution >= 4 is 17.5 Å². The number of piperidine rings is 1. The van der Waals surface area contributed by atoms with Gasteiger partial charge in [-0.2, -0.15) is 0 Å². The van der Waals surface area contributed by atoms with Gasteiger partial charge < -0.3 is 14.7 Å². The van der Waals surface area contributed by atoms with Crippen LogP contribution in [0.3, 0.4) is 0 Å². The molecule has 23 heavy (non-hydrogen) atoms. The van der Waals surface area contributed by atoms with Gasteiger partial charge >= 0.3 is 0 Å². The first-order valence-electron chi connectivity index (χ1n) is 8.41. The number of rotatable bonds is 2. The van der Waals surface area contributed by atoms with Crippen molar-refractivity contribution < 1.29 is 9.59 Å². The van der Waals surface area contributed by atoms with Gasteiger partial charge in [0.25, 0.3) is 5.91 Å². The smallest absolute Gasteiger partial charge is 0.272 e. The topological polar surface area (TPSA) is 56.8 Å². The Morgan fingerprint density at radius 3 is 2.26 bits per heavy atom. The van der Waals surface area contributed by atoms with E-state index >= 15 is 0 Å². The predicted octanol–water partition coefficient (Wildman–Crippen LogP) is 1.38. The molecule has 2 saturated heterocycles. The fourth-order valence-electron chi connectivity index (χ4n) is 3.27. The largest absolute Gasteiger partial charge is 0.371 e. The summed E-state index contributed by atoms with van der Waals surface area (Å²) in [7, 11) is 0. The fourth-order valence-corrected chi connectivity index (χ4v) is 3.27. The molecule has 6 heteroatoms. The number of aromatic nitrogens is 1. The van der Waals surface area contributed by atoms with E-state index in [1.54, 1.807) is 22.9 Å². The van der Waals surface area contributed by atoms with Crippen molar-refractivity contribution in [1.82, 2.24) is 14.8 Å². The van der Waals surface area contributed by atoms with Crippen LogP contribution in [0.2, 0.25) is 0 Å². The molecular weight excluding hydrogens is 292 g/mol. The van der Waals surface area contributed by atoms with Crippen LogP contribution in [0, 0.1) is 0 Å². The van der Waals surface area contributed by atoms with Gasteiger partial charge in [0, 0.05) is 58.1 Å². The molecular formula is C17H24N4O2. The van der Waals surface area contributed by atoms with E-state index in [0.717, 1.165) is 18.8 Å². The van der Waals surface area contributed by atoms with Gasteiger partial charge in [-0.3, -0.25) is 14.6 Å². The second kappa shape index (κ2) is 6.98. The van der Waals surface area contributed by atoms with Gasteiger partial charge in [-0.25, -0.2) is 0 Å². The molecule has 1 aromatic rings. The number of nitrogens with zero attached hydrogens (tertiary/aromatic N) is 4. The summed E-state index contributed by atoms with van der Waals surface area (Å²) >= 11 is 0. The van der Waals surface area contributed by atoms with Crippen molar-refractivity contribution in [2.24, 2.45) is 0 Å². The van der Waals surface area contributed by atoms with Crippen LogP contribution < -0.4 is 4.90 Å². The zero-order valence-corrected chi connectivity index (χ0v) is 13.7. The molecule has 0 N–H and O–H groups in total. The Labute approximate surface area is 137 Å². The van der Waals surface area contributed by atoms with Crippen molar-refractivity contribution in [2.45, 2.75) is 26.2 Å². The van der Waals surface area contributed by atoms with E-state index in [1.807, 2.05) is 12.1 Å². The molecule has 0 radical (unpaired) electrons. The fraction of sp³-hybridized carbons (Fsp3) is 0.588. The lowest BCUT2D eigenvalue weighted by atomic mass is 10.1. The number of hydrogen-bond donors (Lipinski definition) is 0. The van der Waals surface area contributed by atoms with Crippen LogP contribution in [0.15, 0.2) is 18.3 Å². The van der Waals surface area contributed by atoms with Crippen LogP contribution >= 0.6 is 0 Å². The Morgan fingerprint density at radius 1 is 0.957 bits per heavy atom. The van der Waals surface area contributed by atoms with Crippen LogP contribution in [0.1, 0.15) is 36.7 Å². The highest BCUT2D eigenvalue weighted by Gasteiger charge is 2.24. The molecule has 1 aromatic heterocycles. The number of piperazine rings is 1. The first-order valence-corrected chi connectivity index (χ1v) is 8.41. The van der Waals surface area contributed by atoms with E-state index in [4.69, 9.17) is 0 Å². The molecule has 0 aromatic carbocycles. The van der Waals surface area contributed by atoms with Gasteiger partial charge in [-0.05, 0) is 31.4 Å². The predicted molar refractivity (Wildman–Crippen MR) is 88.5 cm³/mol. The summed E-state index contributed by atoms with van der Waals surface area (Å²) < 4.78 is 0. The molecule has 2 aliphatic heterocycles. The monoisotopic (exact) mass is 316 g/mol. The van der Waals surface area contributed by atoms with Gasteiger partial charge in [0.1, 0.15) is 5.69 Å². The molecule has 2 aliphatic rings. The molecule has 3 heterocycles. The average molecular weight is 316 g/mol. The van der Waals surface area contributed by atoms with Crippen molar-refractivity contribution in [2.75, 3.05) is 44.2 Å². The maximum Gasteiger partial charge on any atom is 0.272 e. The molecule has 2 fully saturated rings. The van der Waals surface area contributed by atoms with Gasteiger partial charge in [-0.15, -0.1) is 0 Å². The first kappa shape index (κ1) is 15.8. The van der Waals surface area contributed by atoms with Crippen LogP contribution in [0.4, 0.5) is 5.69 Å². The number of anilines is 1. The Balaban J connectivity index is 1.67. The van der Waals surface area contributed by atoms with Crippen LogP contribution in [0.25, 0.3) is 0 Å². The van der Waals surface area contributed by atoms with Gasteiger partial charge in [0.2, 0.25) is 5.91 Å². The number of carbonyl (C=O) groups is 2. The summed E-state index contributed by atoms with van der Waals surface area (Å²) in [6.07, 6.45) is 5.42. The highest BCUT2D eigenvalue weighted by atomic mass is 16.2. The van der Waals surface area contributed by atoms with E-state index in [9.17, 15) is 9.59 Å². The Hall–Kier alpha value is -2.11. The minimum Gasteiger partial charge on any atom is -0.371 e. The van der Waals surface area contributed by atoms with E-state index in [-0.39, 0.29) is 11.8 Å². The Bertz CT molecular complexity index is 576. The quantitative estimate of drug-likeness (QED) is 0.827. The molecule has 2 amide bonds. The molecule has 0 saturated carbocycles. The Morgan fingerprint density at radius 2 is 1.61 bits per heavy atom. The van der Waals surface area contributed by atoms with Gasteiger partial charge in [0.05, 0.1) is 0 Å². The highest BCUT2D eigenvalue weighted by Crippen LogP contribution is 2.20. The number of pyridine rings is 1. The van der Waals surface area contributed by atoms with E-state index in [1.165, 1.54) is 19.3 Å². The molecule has 0 bridgehead atoms. The van der Waals surface area contributed by atoms with Crippen LogP contribution in [-0.2, 0) is 4.79 Å². The summed E-state index contributed by atoms with van der Waals surface area (Å²) in [5.74, 6) is 0.0365. The van der Waals surface area contributed by atoms with Crippen molar-refractivity contribution in [1.29, 1.82) is 0 Å². The third kappa shape index (κ3) is 3.63. The van der Waals surface area contributed by atoms with Crippen LogP contribution in [0.5, 0.6) is 0 Å². The second-order valence-corrected chi connectivity index (χ2v) is 6.25. The summed E-state index contributed by atoms with van der Waals surface area (Å²) in [4.78, 5) is 34.2. The summed E-state index contributed by atoms with van der Waals surface area (Å²) in [5, 5.41) is 0. The number of hydrogen-bond acceptors (Lipinski definition) is 4. The van der Waals surface area contributed by atoms with Gasteiger partial charge in [0.15, 0.2) is 0 Å². The molecule has 3 rings (SSSR count). The Kier molecular flexibility index (Phi) is 4.79. The van der Waals surface area contributed by atoms with Crippen molar-refractivity contribution in [3.63, 3.8) is 0 Å². The van der Waals surface area contributed by atoms with E-state index < -0.39 is 0 Å². The maximum atomic E-state index is 12.7. The van der Waals surface area contributed by atoms with Crippen molar-refractivity contribution in [3.8, 4) is 0 Å². The molecule has 0 unspecified atom stereocenters. The van der Waals surface area contributed by atoms with Crippen molar-refractivity contribution in [3.05, 3.63) is 24.0 Å². The molecule has 0 spiro atoms. The standard InChI is InChI=1S/C17H24N4O2/c1-14(22)19-9-11-21(12-10-19)17(23)16-13-15(5-6-18-16)20-7-3-2-4-8-20/h5-6,13H,2-4,7-12H2,1H3. The normalized spacial score (nSPS) is 18.9. The lowest BCUT2D eigenvalue weighted by molar-refractivity contribution is -0.130. The summed E-state index contributed by atoms with van der Waals surface area (Å²) in [6, 6.07) is 3.89.